The molecule has 3 nitrogen and oxygen atoms in total. The average molecular weight is 254 g/mol. The van der Waals surface area contributed by atoms with Gasteiger partial charge in [0, 0.05) is 17.5 Å². The molecule has 0 aromatic heterocycles. The summed E-state index contributed by atoms with van der Waals surface area (Å²) in [6.07, 6.45) is 1.34. The van der Waals surface area contributed by atoms with E-state index < -0.39 is 0 Å². The van der Waals surface area contributed by atoms with Crippen molar-refractivity contribution >= 4 is 5.78 Å². The van der Waals surface area contributed by atoms with Gasteiger partial charge >= 0.3 is 0 Å². The first-order valence-corrected chi connectivity index (χ1v) is 6.30. The highest BCUT2D eigenvalue weighted by molar-refractivity contribution is 6.01. The van der Waals surface area contributed by atoms with Crippen molar-refractivity contribution in [2.45, 2.75) is 19.4 Å². The maximum atomic E-state index is 11.6. The highest BCUT2D eigenvalue weighted by Gasteiger charge is 2.22. The third-order valence-corrected chi connectivity index (χ3v) is 3.37. The lowest BCUT2D eigenvalue weighted by molar-refractivity contribution is 0.0994. The second kappa shape index (κ2) is 4.76. The molecule has 96 valence electrons. The van der Waals surface area contributed by atoms with E-state index in [2.05, 4.69) is 0 Å². The van der Waals surface area contributed by atoms with E-state index in [1.54, 1.807) is 12.1 Å². The van der Waals surface area contributed by atoms with Gasteiger partial charge in [-0.1, -0.05) is 24.3 Å². The normalized spacial score (nSPS) is 13.4. The Kier molecular flexibility index (Phi) is 2.95. The molecule has 3 heteroatoms. The fourth-order valence-corrected chi connectivity index (χ4v) is 2.35. The predicted molar refractivity (Wildman–Crippen MR) is 71.5 cm³/mol. The highest BCUT2D eigenvalue weighted by Crippen LogP contribution is 2.30. The minimum atomic E-state index is 0.199. The van der Waals surface area contributed by atoms with E-state index in [9.17, 15) is 9.90 Å². The molecule has 0 atom stereocenters. The van der Waals surface area contributed by atoms with Crippen molar-refractivity contribution in [1.29, 1.82) is 0 Å². The number of benzene rings is 2. The zero-order valence-electron chi connectivity index (χ0n) is 10.4. The van der Waals surface area contributed by atoms with Gasteiger partial charge < -0.3 is 9.84 Å². The number of hydrogen-bond acceptors (Lipinski definition) is 3. The van der Waals surface area contributed by atoms with Crippen molar-refractivity contribution in [2.24, 2.45) is 0 Å². The van der Waals surface area contributed by atoms with Crippen molar-refractivity contribution in [2.75, 3.05) is 0 Å². The lowest BCUT2D eigenvalue weighted by atomic mass is 10.1. The van der Waals surface area contributed by atoms with Gasteiger partial charge in [-0.2, -0.15) is 0 Å². The fraction of sp³-hybridized carbons (Fsp3) is 0.188. The van der Waals surface area contributed by atoms with E-state index >= 15 is 0 Å². The third kappa shape index (κ3) is 2.32. The molecule has 0 unspecified atom stereocenters. The zero-order chi connectivity index (χ0) is 13.2. The first kappa shape index (κ1) is 11.8. The molecule has 0 heterocycles. The van der Waals surface area contributed by atoms with E-state index in [0.29, 0.717) is 13.0 Å². The zero-order valence-corrected chi connectivity index (χ0v) is 10.4. The van der Waals surface area contributed by atoms with E-state index in [-0.39, 0.29) is 11.5 Å². The van der Waals surface area contributed by atoms with Crippen LogP contribution in [-0.4, -0.2) is 10.9 Å². The van der Waals surface area contributed by atoms with E-state index in [1.165, 1.54) is 0 Å². The van der Waals surface area contributed by atoms with Gasteiger partial charge in [0.05, 0.1) is 0 Å². The Morgan fingerprint density at radius 3 is 2.63 bits per heavy atom. The summed E-state index contributed by atoms with van der Waals surface area (Å²) in [7, 11) is 0. The van der Waals surface area contributed by atoms with Crippen molar-refractivity contribution in [3.63, 3.8) is 0 Å². The van der Waals surface area contributed by atoms with Gasteiger partial charge in [-0.3, -0.25) is 4.79 Å². The van der Waals surface area contributed by atoms with Gasteiger partial charge in [0.25, 0.3) is 0 Å². The largest absolute Gasteiger partial charge is 0.508 e. The van der Waals surface area contributed by atoms with Crippen molar-refractivity contribution < 1.29 is 14.6 Å². The number of aromatic hydroxyl groups is 1. The number of ether oxygens (including phenoxy) is 1. The summed E-state index contributed by atoms with van der Waals surface area (Å²) in [5, 5.41) is 9.22. The molecule has 0 saturated heterocycles. The summed E-state index contributed by atoms with van der Waals surface area (Å²) in [4.78, 5) is 11.6. The molecule has 0 fully saturated rings. The molecule has 1 N–H and O–H groups in total. The predicted octanol–water partition coefficient (Wildman–Crippen LogP) is 3.10. The van der Waals surface area contributed by atoms with Crippen LogP contribution in [0.25, 0.3) is 0 Å². The molecule has 1 aliphatic carbocycles. The van der Waals surface area contributed by atoms with Gasteiger partial charge in [-0.05, 0) is 30.2 Å². The van der Waals surface area contributed by atoms with Crippen molar-refractivity contribution in [3.8, 4) is 11.5 Å². The standard InChI is InChI=1S/C16H14O3/c17-12-6-4-11(5-7-12)10-19-16-3-1-2-13-14(16)8-9-15(13)18/h1-7,17H,8-10H2. The Bertz CT molecular complexity index is 614. The van der Waals surface area contributed by atoms with E-state index in [0.717, 1.165) is 28.9 Å². The summed E-state index contributed by atoms with van der Waals surface area (Å²) in [5.41, 5.74) is 2.80. The van der Waals surface area contributed by atoms with Crippen LogP contribution in [0.5, 0.6) is 11.5 Å². The molecule has 2 aromatic rings. The summed E-state index contributed by atoms with van der Waals surface area (Å²) in [6, 6.07) is 12.5. The lowest BCUT2D eigenvalue weighted by Gasteiger charge is -2.10. The molecule has 0 spiro atoms. The molecule has 19 heavy (non-hydrogen) atoms. The van der Waals surface area contributed by atoms with Crippen molar-refractivity contribution in [1.82, 2.24) is 0 Å². The van der Waals surface area contributed by atoms with Gasteiger partial charge in [0.1, 0.15) is 18.1 Å². The van der Waals surface area contributed by atoms with Gasteiger partial charge in [0.15, 0.2) is 5.78 Å². The monoisotopic (exact) mass is 254 g/mol. The van der Waals surface area contributed by atoms with Crippen LogP contribution in [0.15, 0.2) is 42.5 Å². The number of ketones is 1. The van der Waals surface area contributed by atoms with Crippen molar-refractivity contribution in [3.05, 3.63) is 59.2 Å². The number of rotatable bonds is 3. The third-order valence-electron chi connectivity index (χ3n) is 3.37. The fourth-order valence-electron chi connectivity index (χ4n) is 2.35. The quantitative estimate of drug-likeness (QED) is 0.915. The van der Waals surface area contributed by atoms with Gasteiger partial charge in [-0.15, -0.1) is 0 Å². The number of phenols is 1. The summed E-state index contributed by atoms with van der Waals surface area (Å²) in [5.74, 6) is 1.23. The molecular weight excluding hydrogens is 240 g/mol. The molecule has 0 amide bonds. The molecule has 0 radical (unpaired) electrons. The van der Waals surface area contributed by atoms with Crippen LogP contribution in [0, 0.1) is 0 Å². The average Bonchev–Trinajstić information content (AvgIpc) is 2.81. The topological polar surface area (TPSA) is 46.5 Å². The van der Waals surface area contributed by atoms with Gasteiger partial charge in [-0.25, -0.2) is 0 Å². The number of phenolic OH excluding ortho intramolecular Hbond substituents is 1. The molecule has 0 bridgehead atoms. The molecule has 0 saturated carbocycles. The SMILES string of the molecule is O=C1CCc2c(OCc3ccc(O)cc3)cccc21. The smallest absolute Gasteiger partial charge is 0.163 e. The molecule has 0 aliphatic heterocycles. The molecule has 1 aliphatic rings. The van der Waals surface area contributed by atoms with E-state index in [4.69, 9.17) is 4.74 Å². The Labute approximate surface area is 111 Å². The van der Waals surface area contributed by atoms with Crippen LogP contribution < -0.4 is 4.74 Å². The number of hydrogen-bond donors (Lipinski definition) is 1. The van der Waals surface area contributed by atoms with Crippen LogP contribution in [0.4, 0.5) is 0 Å². The minimum Gasteiger partial charge on any atom is -0.508 e. The Balaban J connectivity index is 1.78. The molecular formula is C16H14O3. The van der Waals surface area contributed by atoms with Crippen LogP contribution in [-0.2, 0) is 13.0 Å². The van der Waals surface area contributed by atoms with Crippen LogP contribution in [0.1, 0.15) is 27.9 Å². The number of fused-ring (bicyclic) bond motifs is 1. The number of carbonyl (C=O) groups excluding carboxylic acids is 1. The summed E-state index contributed by atoms with van der Waals surface area (Å²) >= 11 is 0. The Morgan fingerprint density at radius 2 is 1.84 bits per heavy atom. The number of carbonyl (C=O) groups is 1. The summed E-state index contributed by atoms with van der Waals surface area (Å²) < 4.78 is 5.79. The molecule has 3 rings (SSSR count). The first-order valence-electron chi connectivity index (χ1n) is 6.30. The Hall–Kier alpha value is -2.29. The first-order chi connectivity index (χ1) is 9.24. The van der Waals surface area contributed by atoms with Gasteiger partial charge in [0.2, 0.25) is 0 Å². The van der Waals surface area contributed by atoms with Crippen LogP contribution in [0.2, 0.25) is 0 Å². The maximum absolute atomic E-state index is 11.6. The molecule has 2 aromatic carbocycles. The number of Topliss-reactive ketones (excluding diaryl/α,β-unsaturated/α-hetero) is 1. The lowest BCUT2D eigenvalue weighted by Crippen LogP contribution is -1.99. The summed E-state index contributed by atoms with van der Waals surface area (Å²) in [6.45, 7) is 0.435. The van der Waals surface area contributed by atoms with Crippen LogP contribution >= 0.6 is 0 Å². The second-order valence-corrected chi connectivity index (χ2v) is 4.66. The second-order valence-electron chi connectivity index (χ2n) is 4.66. The van der Waals surface area contributed by atoms with E-state index in [1.807, 2.05) is 30.3 Å². The Morgan fingerprint density at radius 1 is 1.05 bits per heavy atom. The van der Waals surface area contributed by atoms with Crippen LogP contribution in [0.3, 0.4) is 0 Å². The highest BCUT2D eigenvalue weighted by atomic mass is 16.5. The minimum absolute atomic E-state index is 0.199. The maximum Gasteiger partial charge on any atom is 0.163 e.